The minimum Gasteiger partial charge on any atom is -0.491 e. The van der Waals surface area contributed by atoms with Crippen molar-refractivity contribution in [2.24, 2.45) is 11.8 Å². The first-order valence-corrected chi connectivity index (χ1v) is 23.6. The first kappa shape index (κ1) is 49.4. The van der Waals surface area contributed by atoms with E-state index in [0.717, 1.165) is 43.9 Å². The lowest BCUT2D eigenvalue weighted by Crippen LogP contribution is -2.56. The van der Waals surface area contributed by atoms with Crippen LogP contribution in [-0.4, -0.2) is 118 Å². The molecule has 0 bridgehead atoms. The summed E-state index contributed by atoms with van der Waals surface area (Å²) in [5.41, 5.74) is 0.402. The van der Waals surface area contributed by atoms with Crippen molar-refractivity contribution in [3.63, 3.8) is 0 Å². The predicted octanol–water partition coefficient (Wildman–Crippen LogP) is 6.00. The minimum atomic E-state index is -2.09. The summed E-state index contributed by atoms with van der Waals surface area (Å²) in [4.78, 5) is 92.7. The van der Waals surface area contributed by atoms with E-state index < -0.39 is 77.3 Å². The van der Waals surface area contributed by atoms with Crippen LogP contribution in [0.2, 0.25) is 0 Å². The average Bonchev–Trinajstić information content (AvgIpc) is 3.83. The number of benzene rings is 4. The number of hydrogen-bond donors (Lipinski definition) is 1. The second-order valence-electron chi connectivity index (χ2n) is 17.6. The van der Waals surface area contributed by atoms with Crippen molar-refractivity contribution in [3.05, 3.63) is 131 Å². The zero-order valence-electron chi connectivity index (χ0n) is 39.5. The van der Waals surface area contributed by atoms with Crippen molar-refractivity contribution in [2.75, 3.05) is 65.7 Å². The molecule has 3 amide bonds. The Labute approximate surface area is 406 Å². The van der Waals surface area contributed by atoms with Crippen LogP contribution in [0.25, 0.3) is 0 Å². The first-order valence-electron chi connectivity index (χ1n) is 23.6. The van der Waals surface area contributed by atoms with Gasteiger partial charge in [0, 0.05) is 32.2 Å². The van der Waals surface area contributed by atoms with Crippen molar-refractivity contribution in [2.45, 2.75) is 68.2 Å². The number of carbonyl (C=O) groups is 6. The van der Waals surface area contributed by atoms with Crippen LogP contribution in [0.3, 0.4) is 0 Å². The molecular weight excluding hydrogens is 899 g/mol. The molecule has 0 radical (unpaired) electrons. The molecule has 3 fully saturated rings. The molecule has 0 unspecified atom stereocenters. The topological polar surface area (TPSA) is 188 Å². The molecule has 70 heavy (non-hydrogen) atoms. The van der Waals surface area contributed by atoms with Gasteiger partial charge in [-0.1, -0.05) is 104 Å². The van der Waals surface area contributed by atoms with Crippen molar-refractivity contribution in [1.29, 1.82) is 0 Å². The molecule has 3 saturated heterocycles. The van der Waals surface area contributed by atoms with E-state index in [-0.39, 0.29) is 44.1 Å². The van der Waals surface area contributed by atoms with Gasteiger partial charge in [-0.05, 0) is 65.4 Å². The molecule has 16 nitrogen and oxygen atoms in total. The van der Waals surface area contributed by atoms with Gasteiger partial charge in [-0.3, -0.25) is 28.9 Å². The molecule has 8 rings (SSSR count). The van der Waals surface area contributed by atoms with Crippen LogP contribution in [-0.2, 0) is 53.1 Å². The van der Waals surface area contributed by atoms with Crippen LogP contribution in [0, 0.1) is 23.7 Å². The number of aliphatic hydroxyl groups is 1. The van der Waals surface area contributed by atoms with Gasteiger partial charge in [0.25, 0.3) is 0 Å². The summed E-state index contributed by atoms with van der Waals surface area (Å²) in [5, 5.41) is 9.83. The van der Waals surface area contributed by atoms with Crippen molar-refractivity contribution in [3.8, 4) is 17.6 Å². The number of aliphatic hydroxyl groups excluding tert-OH is 1. The first-order chi connectivity index (χ1) is 34.1. The summed E-state index contributed by atoms with van der Waals surface area (Å²) in [6, 6.07) is 27.1. The van der Waals surface area contributed by atoms with E-state index in [1.807, 2.05) is 65.6 Å². The quantitative estimate of drug-likeness (QED) is 0.0540. The van der Waals surface area contributed by atoms with E-state index >= 15 is 14.4 Å². The monoisotopic (exact) mass is 955 g/mol. The third kappa shape index (κ3) is 9.36. The summed E-state index contributed by atoms with van der Waals surface area (Å²) in [6.45, 7) is 0.233. The summed E-state index contributed by atoms with van der Waals surface area (Å²) < 4.78 is 33.2. The molecule has 0 aliphatic carbocycles. The Hall–Kier alpha value is -7.06. The largest absolute Gasteiger partial charge is 0.491 e. The number of fused-ring (bicyclic) bond motifs is 3. The highest BCUT2D eigenvalue weighted by molar-refractivity contribution is 6.23. The Morgan fingerprint density at radius 1 is 0.757 bits per heavy atom. The molecule has 4 aliphatic heterocycles. The van der Waals surface area contributed by atoms with Crippen molar-refractivity contribution in [1.82, 2.24) is 9.80 Å². The molecule has 4 aliphatic rings. The highest BCUT2D eigenvalue weighted by atomic mass is 16.6. The van der Waals surface area contributed by atoms with Gasteiger partial charge >= 0.3 is 24.0 Å². The summed E-state index contributed by atoms with van der Waals surface area (Å²) >= 11 is 0. The normalized spacial score (nSPS) is 23.0. The number of methoxy groups -OCH3 is 3. The number of imide groups is 1. The zero-order valence-corrected chi connectivity index (χ0v) is 39.5. The van der Waals surface area contributed by atoms with Gasteiger partial charge in [-0.2, -0.15) is 0 Å². The van der Waals surface area contributed by atoms with E-state index in [2.05, 4.69) is 11.8 Å². The second-order valence-corrected chi connectivity index (χ2v) is 17.6. The predicted molar refractivity (Wildman–Crippen MR) is 253 cm³/mol. The summed E-state index contributed by atoms with van der Waals surface area (Å²) in [7, 11) is 3.75. The van der Waals surface area contributed by atoms with E-state index in [9.17, 15) is 19.5 Å². The van der Waals surface area contributed by atoms with Gasteiger partial charge in [-0.15, -0.1) is 0 Å². The van der Waals surface area contributed by atoms with Gasteiger partial charge in [0.1, 0.15) is 36.5 Å². The summed E-state index contributed by atoms with van der Waals surface area (Å²) in [6.07, 6.45) is 1.91. The number of amides is 3. The fraction of sp³-hybridized carbons (Fsp3) is 0.407. The van der Waals surface area contributed by atoms with Crippen LogP contribution in [0.15, 0.2) is 103 Å². The van der Waals surface area contributed by atoms with Crippen LogP contribution in [0.5, 0.6) is 5.75 Å². The maximum atomic E-state index is 16.5. The lowest BCUT2D eigenvalue weighted by Gasteiger charge is -2.46. The smallest absolute Gasteiger partial charge is 0.421 e. The Balaban J connectivity index is 1.45. The van der Waals surface area contributed by atoms with Gasteiger partial charge in [0.05, 0.1) is 51.1 Å². The minimum absolute atomic E-state index is 0.0269. The van der Waals surface area contributed by atoms with Gasteiger partial charge in [-0.25, -0.2) is 9.69 Å². The number of esters is 3. The summed E-state index contributed by atoms with van der Waals surface area (Å²) in [5.74, 6) is -0.241. The Morgan fingerprint density at radius 2 is 1.41 bits per heavy atom. The fourth-order valence-electron chi connectivity index (χ4n) is 10.6. The number of morpholine rings is 1. The van der Waals surface area contributed by atoms with E-state index in [0.29, 0.717) is 48.4 Å². The zero-order chi connectivity index (χ0) is 49.4. The molecule has 4 aromatic carbocycles. The number of rotatable bonds is 13. The number of anilines is 1. The number of nitrogens with zero attached hydrogens (tertiary/aromatic N) is 3. The molecule has 4 aromatic rings. The lowest BCUT2D eigenvalue weighted by atomic mass is 9.64. The lowest BCUT2D eigenvalue weighted by molar-refractivity contribution is -0.179. The van der Waals surface area contributed by atoms with Crippen LogP contribution in [0.4, 0.5) is 10.5 Å². The Morgan fingerprint density at radius 3 is 2.07 bits per heavy atom. The molecule has 16 heteroatoms. The van der Waals surface area contributed by atoms with Crippen LogP contribution < -0.4 is 9.64 Å². The number of hydrogen-bond acceptors (Lipinski definition) is 14. The molecule has 4 heterocycles. The van der Waals surface area contributed by atoms with Gasteiger partial charge in [0.15, 0.2) is 5.92 Å². The van der Waals surface area contributed by atoms with Crippen molar-refractivity contribution >= 4 is 41.5 Å². The molecule has 1 spiro atoms. The molecule has 366 valence electrons. The Bertz CT molecular complexity index is 2610. The van der Waals surface area contributed by atoms with Crippen molar-refractivity contribution < 1.29 is 62.3 Å². The molecule has 0 aromatic heterocycles. The molecule has 0 saturated carbocycles. The maximum Gasteiger partial charge on any atom is 0.421 e. The third-order valence-electron chi connectivity index (χ3n) is 13.6. The third-order valence-corrected chi connectivity index (χ3v) is 13.6. The second kappa shape index (κ2) is 22.1. The molecule has 6 atom stereocenters. The van der Waals surface area contributed by atoms with E-state index in [1.54, 1.807) is 47.4 Å². The highest BCUT2D eigenvalue weighted by Gasteiger charge is 2.76. The number of cyclic esters (lactones) is 1. The highest BCUT2D eigenvalue weighted by Crippen LogP contribution is 2.66. The fourth-order valence-corrected chi connectivity index (χ4v) is 10.6. The Kier molecular flexibility index (Phi) is 15.6. The van der Waals surface area contributed by atoms with E-state index in [4.69, 9.17) is 28.4 Å². The van der Waals surface area contributed by atoms with Crippen LogP contribution in [0.1, 0.15) is 84.5 Å². The average molecular weight is 956 g/mol. The van der Waals surface area contributed by atoms with Crippen LogP contribution >= 0.6 is 0 Å². The SMILES string of the molecule is COCCOC(=O)N1C(=O)[C@@]2(c3cc(C#CCC(C(=O)OC)C(=O)OC)ccc31)[C@H](c1cccc(OCCO)c1)N1[C@H](c3ccccc3)[C@H](c3ccccc3)OC(=O)[C@H]1[C@@H]2C(=O)N1CCCCCCC1. The molecule has 1 N–H and O–H groups in total. The van der Waals surface area contributed by atoms with Gasteiger partial charge < -0.3 is 38.4 Å². The standard InChI is InChI=1S/C54H57N3O13/c1-65-31-32-69-53(64)56-42-26-25-35(17-15-24-40(49(60)66-2)50(61)67-3)33-41(42)54(52(56)63)43(48(59)55-27-13-5-4-6-14-28-55)45-51(62)70-46(37-20-11-8-12-21-37)44(36-18-9-7-10-19-36)57(45)47(54)38-22-16-23-39(34-38)68-30-29-58/h7-12,16,18-23,25-26,33-34,40,43-47,58H,4-6,13-14,24,27-32H2,1-3H3/t43-,44-,45-,46+,47+,54-/m1/s1. The number of likely N-dealkylation sites (tertiary alicyclic amines) is 1. The van der Waals surface area contributed by atoms with E-state index in [1.165, 1.54) is 7.11 Å². The van der Waals surface area contributed by atoms with Gasteiger partial charge in [0.2, 0.25) is 11.8 Å². The molecular formula is C54H57N3O13. The maximum absolute atomic E-state index is 16.5. The number of carbonyl (C=O) groups excluding carboxylic acids is 6. The number of ether oxygens (including phenoxy) is 6.